The van der Waals surface area contributed by atoms with E-state index in [9.17, 15) is 9.59 Å². The second kappa shape index (κ2) is 4.06. The van der Waals surface area contributed by atoms with Crippen LogP contribution in [0.1, 0.15) is 12.5 Å². The molecule has 3 rings (SSSR count). The Bertz CT molecular complexity index is 606. The van der Waals surface area contributed by atoms with E-state index in [0.717, 1.165) is 5.56 Å². The minimum Gasteiger partial charge on any atom is -0.272 e. The number of aryl methyl sites for hydroxylation is 1. The van der Waals surface area contributed by atoms with Crippen molar-refractivity contribution in [1.82, 2.24) is 4.90 Å². The van der Waals surface area contributed by atoms with Crippen molar-refractivity contribution >= 4 is 35.1 Å². The Morgan fingerprint density at radius 3 is 2.74 bits per heavy atom. The van der Waals surface area contributed by atoms with Crippen molar-refractivity contribution < 1.29 is 9.59 Å². The topological polar surface area (TPSA) is 53.0 Å². The predicted molar refractivity (Wildman–Crippen MR) is 72.3 cm³/mol. The van der Waals surface area contributed by atoms with Crippen molar-refractivity contribution in [3.05, 3.63) is 28.8 Å². The molecule has 2 aliphatic heterocycles. The zero-order chi connectivity index (χ0) is 13.7. The van der Waals surface area contributed by atoms with Crippen molar-refractivity contribution in [2.45, 2.75) is 19.9 Å². The third kappa shape index (κ3) is 1.73. The molecule has 0 radical (unpaired) electrons. The number of nitrogens with zero attached hydrogens (tertiary/aromatic N) is 3. The van der Waals surface area contributed by atoms with Gasteiger partial charge in [-0.3, -0.25) is 14.5 Å². The number of carbonyl (C=O) groups is 2. The van der Waals surface area contributed by atoms with Crippen molar-refractivity contribution in [3.63, 3.8) is 0 Å². The molecule has 0 N–H and O–H groups in total. The number of fused-ring (bicyclic) bond motifs is 1. The third-order valence-electron chi connectivity index (χ3n) is 3.29. The first-order valence-electron chi connectivity index (χ1n) is 5.96. The van der Waals surface area contributed by atoms with E-state index in [1.54, 1.807) is 13.0 Å². The number of halogens is 1. The highest BCUT2D eigenvalue weighted by Gasteiger charge is 2.47. The number of benzene rings is 1. The monoisotopic (exact) mass is 277 g/mol. The molecule has 1 saturated heterocycles. The maximum atomic E-state index is 12.3. The first kappa shape index (κ1) is 12.2. The number of amides is 2. The summed E-state index contributed by atoms with van der Waals surface area (Å²) < 4.78 is 0. The number of guanidine groups is 1. The van der Waals surface area contributed by atoms with E-state index in [1.165, 1.54) is 9.80 Å². The SMILES string of the molecule is Cc1cc(Cl)cc(N2C(=O)C(C)N3C(=O)CN=C23)c1. The van der Waals surface area contributed by atoms with E-state index in [-0.39, 0.29) is 18.4 Å². The Hall–Kier alpha value is -1.88. The Morgan fingerprint density at radius 1 is 1.32 bits per heavy atom. The molecule has 1 aromatic rings. The third-order valence-corrected chi connectivity index (χ3v) is 3.51. The fourth-order valence-corrected chi connectivity index (χ4v) is 2.74. The lowest BCUT2D eigenvalue weighted by atomic mass is 10.2. The van der Waals surface area contributed by atoms with Crippen molar-refractivity contribution in [2.75, 3.05) is 11.4 Å². The summed E-state index contributed by atoms with van der Waals surface area (Å²) in [4.78, 5) is 31.1. The Morgan fingerprint density at radius 2 is 2.05 bits per heavy atom. The van der Waals surface area contributed by atoms with E-state index < -0.39 is 6.04 Å². The summed E-state index contributed by atoms with van der Waals surface area (Å²) in [5.74, 6) is 0.106. The first-order valence-corrected chi connectivity index (χ1v) is 6.34. The predicted octanol–water partition coefficient (Wildman–Crippen LogP) is 1.58. The molecule has 1 fully saturated rings. The molecule has 1 aromatic carbocycles. The smallest absolute Gasteiger partial charge is 0.256 e. The molecule has 19 heavy (non-hydrogen) atoms. The molecule has 2 amide bonds. The molecular weight excluding hydrogens is 266 g/mol. The van der Waals surface area contributed by atoms with Gasteiger partial charge < -0.3 is 0 Å². The van der Waals surface area contributed by atoms with Crippen LogP contribution in [0.15, 0.2) is 23.2 Å². The van der Waals surface area contributed by atoms with Gasteiger partial charge in [-0.1, -0.05) is 11.6 Å². The van der Waals surface area contributed by atoms with E-state index >= 15 is 0 Å². The summed E-state index contributed by atoms with van der Waals surface area (Å²) in [6.45, 7) is 3.71. The summed E-state index contributed by atoms with van der Waals surface area (Å²) in [5.41, 5.74) is 1.60. The normalized spacial score (nSPS) is 22.1. The molecule has 98 valence electrons. The van der Waals surface area contributed by atoms with Crippen LogP contribution in [0.3, 0.4) is 0 Å². The van der Waals surface area contributed by atoms with Gasteiger partial charge in [-0.05, 0) is 37.6 Å². The van der Waals surface area contributed by atoms with Gasteiger partial charge in [0.15, 0.2) is 0 Å². The van der Waals surface area contributed by atoms with Crippen molar-refractivity contribution in [1.29, 1.82) is 0 Å². The van der Waals surface area contributed by atoms with E-state index in [0.29, 0.717) is 16.7 Å². The number of aliphatic imine (C=N–C) groups is 1. The van der Waals surface area contributed by atoms with Gasteiger partial charge in [0, 0.05) is 5.02 Å². The summed E-state index contributed by atoms with van der Waals surface area (Å²) in [6.07, 6.45) is 0. The second-order valence-corrected chi connectivity index (χ2v) is 5.15. The average molecular weight is 278 g/mol. The number of hydrogen-bond donors (Lipinski definition) is 0. The van der Waals surface area contributed by atoms with Crippen LogP contribution in [0.2, 0.25) is 5.02 Å². The Balaban J connectivity index is 2.10. The lowest BCUT2D eigenvalue weighted by Gasteiger charge is -2.16. The number of rotatable bonds is 1. The van der Waals surface area contributed by atoms with Gasteiger partial charge in [0.2, 0.25) is 5.96 Å². The summed E-state index contributed by atoms with van der Waals surface area (Å²) in [5, 5.41) is 0.554. The highest BCUT2D eigenvalue weighted by atomic mass is 35.5. The van der Waals surface area contributed by atoms with Gasteiger partial charge in [-0.2, -0.15) is 0 Å². The van der Waals surface area contributed by atoms with Gasteiger partial charge in [0.25, 0.3) is 11.8 Å². The summed E-state index contributed by atoms with van der Waals surface area (Å²) in [7, 11) is 0. The number of anilines is 1. The van der Waals surface area contributed by atoms with Crippen LogP contribution in [0.4, 0.5) is 5.69 Å². The fourth-order valence-electron chi connectivity index (χ4n) is 2.45. The van der Waals surface area contributed by atoms with Gasteiger partial charge in [-0.25, -0.2) is 9.89 Å². The average Bonchev–Trinajstić information content (AvgIpc) is 2.80. The second-order valence-electron chi connectivity index (χ2n) is 4.72. The molecule has 1 unspecified atom stereocenters. The van der Waals surface area contributed by atoms with Crippen LogP contribution in [-0.4, -0.2) is 35.3 Å². The molecule has 0 saturated carbocycles. The molecule has 0 bridgehead atoms. The molecule has 0 aromatic heterocycles. The van der Waals surface area contributed by atoms with Gasteiger partial charge in [0.1, 0.15) is 12.6 Å². The lowest BCUT2D eigenvalue weighted by Crippen LogP contribution is -2.36. The van der Waals surface area contributed by atoms with Crippen LogP contribution in [0, 0.1) is 6.92 Å². The lowest BCUT2D eigenvalue weighted by molar-refractivity contribution is -0.130. The van der Waals surface area contributed by atoms with E-state index in [2.05, 4.69) is 4.99 Å². The van der Waals surface area contributed by atoms with Crippen LogP contribution in [-0.2, 0) is 9.59 Å². The van der Waals surface area contributed by atoms with Crippen LogP contribution in [0.5, 0.6) is 0 Å². The number of hydrogen-bond acceptors (Lipinski definition) is 3. The minimum atomic E-state index is -0.506. The maximum Gasteiger partial charge on any atom is 0.256 e. The van der Waals surface area contributed by atoms with Crippen LogP contribution < -0.4 is 4.90 Å². The van der Waals surface area contributed by atoms with Crippen LogP contribution >= 0.6 is 11.6 Å². The Labute approximate surface area is 115 Å². The standard InChI is InChI=1S/C13H12ClN3O2/c1-7-3-9(14)5-10(4-7)17-12(19)8(2)16-11(18)6-15-13(16)17/h3-5,8H,6H2,1-2H3. The zero-order valence-corrected chi connectivity index (χ0v) is 11.3. The minimum absolute atomic E-state index is 0.100. The van der Waals surface area contributed by atoms with Gasteiger partial charge in [0.05, 0.1) is 5.69 Å². The maximum absolute atomic E-state index is 12.3. The molecule has 6 heteroatoms. The zero-order valence-electron chi connectivity index (χ0n) is 10.6. The highest BCUT2D eigenvalue weighted by molar-refractivity contribution is 6.32. The fraction of sp³-hybridized carbons (Fsp3) is 0.308. The van der Waals surface area contributed by atoms with E-state index in [1.807, 2.05) is 19.1 Å². The number of carbonyl (C=O) groups excluding carboxylic acids is 2. The molecular formula is C13H12ClN3O2. The van der Waals surface area contributed by atoms with Gasteiger partial charge in [-0.15, -0.1) is 0 Å². The summed E-state index contributed by atoms with van der Waals surface area (Å²) >= 11 is 6.03. The van der Waals surface area contributed by atoms with Crippen LogP contribution in [0.25, 0.3) is 0 Å². The van der Waals surface area contributed by atoms with Crippen molar-refractivity contribution in [2.24, 2.45) is 4.99 Å². The molecule has 0 spiro atoms. The molecule has 5 nitrogen and oxygen atoms in total. The molecule has 2 heterocycles. The quantitative estimate of drug-likeness (QED) is 0.783. The van der Waals surface area contributed by atoms with Crippen molar-refractivity contribution in [3.8, 4) is 0 Å². The molecule has 0 aliphatic carbocycles. The molecule has 1 atom stereocenters. The van der Waals surface area contributed by atoms with Gasteiger partial charge >= 0.3 is 0 Å². The highest BCUT2D eigenvalue weighted by Crippen LogP contribution is 2.30. The van der Waals surface area contributed by atoms with E-state index in [4.69, 9.17) is 11.6 Å². The first-order chi connectivity index (χ1) is 8.99. The molecule has 2 aliphatic rings. The largest absolute Gasteiger partial charge is 0.272 e. The Kier molecular flexibility index (Phi) is 2.60. The summed E-state index contributed by atoms with van der Waals surface area (Å²) in [6, 6.07) is 4.86.